The highest BCUT2D eigenvalue weighted by Gasteiger charge is 2.03. The topological polar surface area (TPSA) is 35.2 Å². The fourth-order valence-corrected chi connectivity index (χ4v) is 1.90. The van der Waals surface area contributed by atoms with Crippen LogP contribution in [0.15, 0.2) is 55.1 Å². The van der Waals surface area contributed by atoms with Crippen LogP contribution in [0.5, 0.6) is 5.75 Å². The third-order valence-corrected chi connectivity index (χ3v) is 2.96. The Morgan fingerprint density at radius 1 is 1.16 bits per heavy atom. The Morgan fingerprint density at radius 2 is 1.89 bits per heavy atom. The van der Waals surface area contributed by atoms with Crippen LogP contribution < -0.4 is 10.5 Å². The van der Waals surface area contributed by atoms with E-state index in [1.807, 2.05) is 24.3 Å². The van der Waals surface area contributed by atoms with Gasteiger partial charge >= 0.3 is 0 Å². The lowest BCUT2D eigenvalue weighted by molar-refractivity contribution is 0.303. The van der Waals surface area contributed by atoms with E-state index >= 15 is 0 Å². The molecule has 19 heavy (non-hydrogen) atoms. The van der Waals surface area contributed by atoms with Crippen LogP contribution in [0.2, 0.25) is 0 Å². The zero-order valence-electron chi connectivity index (χ0n) is 11.2. The standard InChI is InChI=1S/C17H19NO/c1-3-4-15-11-16(18)9-10-17(15)19-12-14-7-5-13(2)6-8-14/h3,5-11H,1,4,12,18H2,2H3. The summed E-state index contributed by atoms with van der Waals surface area (Å²) in [7, 11) is 0. The van der Waals surface area contributed by atoms with Crippen molar-refractivity contribution in [3.8, 4) is 5.75 Å². The number of hydrogen-bond donors (Lipinski definition) is 1. The van der Waals surface area contributed by atoms with E-state index in [0.29, 0.717) is 6.61 Å². The summed E-state index contributed by atoms with van der Waals surface area (Å²) in [5, 5.41) is 0. The monoisotopic (exact) mass is 253 g/mol. The van der Waals surface area contributed by atoms with Crippen LogP contribution in [0, 0.1) is 6.92 Å². The van der Waals surface area contributed by atoms with Crippen molar-refractivity contribution in [1.82, 2.24) is 0 Å². The molecule has 0 fully saturated rings. The van der Waals surface area contributed by atoms with E-state index in [-0.39, 0.29) is 0 Å². The Kier molecular flexibility index (Phi) is 4.24. The van der Waals surface area contributed by atoms with Crippen molar-refractivity contribution in [1.29, 1.82) is 0 Å². The van der Waals surface area contributed by atoms with Gasteiger partial charge in [0.2, 0.25) is 0 Å². The van der Waals surface area contributed by atoms with Crippen molar-refractivity contribution in [2.24, 2.45) is 0 Å². The van der Waals surface area contributed by atoms with Gasteiger partial charge in [0.05, 0.1) is 0 Å². The normalized spacial score (nSPS) is 10.2. The first-order valence-electron chi connectivity index (χ1n) is 6.36. The number of nitrogens with two attached hydrogens (primary N) is 1. The molecule has 0 radical (unpaired) electrons. The van der Waals surface area contributed by atoms with E-state index in [1.54, 1.807) is 0 Å². The third kappa shape index (κ3) is 3.62. The summed E-state index contributed by atoms with van der Waals surface area (Å²) in [6.45, 7) is 6.40. The fraction of sp³-hybridized carbons (Fsp3) is 0.176. The fourth-order valence-electron chi connectivity index (χ4n) is 1.90. The van der Waals surface area contributed by atoms with Crippen molar-refractivity contribution in [3.05, 3.63) is 71.8 Å². The van der Waals surface area contributed by atoms with Crippen LogP contribution in [0.1, 0.15) is 16.7 Å². The van der Waals surface area contributed by atoms with Gasteiger partial charge in [0.25, 0.3) is 0 Å². The van der Waals surface area contributed by atoms with Gasteiger partial charge < -0.3 is 10.5 Å². The van der Waals surface area contributed by atoms with E-state index in [9.17, 15) is 0 Å². The summed E-state index contributed by atoms with van der Waals surface area (Å²) in [4.78, 5) is 0. The maximum Gasteiger partial charge on any atom is 0.123 e. The van der Waals surface area contributed by atoms with Gasteiger partial charge in [-0.15, -0.1) is 6.58 Å². The lowest BCUT2D eigenvalue weighted by atomic mass is 10.1. The van der Waals surface area contributed by atoms with Gasteiger partial charge in [-0.05, 0) is 42.7 Å². The molecule has 2 aromatic rings. The average molecular weight is 253 g/mol. The highest BCUT2D eigenvalue weighted by Crippen LogP contribution is 2.23. The Morgan fingerprint density at radius 3 is 2.58 bits per heavy atom. The smallest absolute Gasteiger partial charge is 0.123 e. The molecule has 0 bridgehead atoms. The molecule has 2 nitrogen and oxygen atoms in total. The zero-order valence-corrected chi connectivity index (χ0v) is 11.2. The first-order valence-corrected chi connectivity index (χ1v) is 6.36. The molecule has 2 N–H and O–H groups in total. The number of anilines is 1. The minimum atomic E-state index is 0.564. The molecule has 0 spiro atoms. The van der Waals surface area contributed by atoms with E-state index < -0.39 is 0 Å². The predicted molar refractivity (Wildman–Crippen MR) is 80.3 cm³/mol. The van der Waals surface area contributed by atoms with Crippen LogP contribution in [-0.4, -0.2) is 0 Å². The Balaban J connectivity index is 2.10. The molecule has 2 rings (SSSR count). The van der Waals surface area contributed by atoms with Crippen LogP contribution in [0.25, 0.3) is 0 Å². The highest BCUT2D eigenvalue weighted by molar-refractivity contribution is 5.48. The van der Waals surface area contributed by atoms with Crippen molar-refractivity contribution >= 4 is 5.69 Å². The van der Waals surface area contributed by atoms with Crippen LogP contribution >= 0.6 is 0 Å². The number of ether oxygens (including phenoxy) is 1. The maximum atomic E-state index is 5.87. The Bertz CT molecular complexity index is 558. The van der Waals surface area contributed by atoms with Crippen molar-refractivity contribution < 1.29 is 4.74 Å². The molecular weight excluding hydrogens is 234 g/mol. The second kappa shape index (κ2) is 6.10. The molecule has 0 aromatic heterocycles. The second-order valence-corrected chi connectivity index (χ2v) is 4.63. The first-order chi connectivity index (χ1) is 9.19. The maximum absolute atomic E-state index is 5.87. The van der Waals surface area contributed by atoms with E-state index in [0.717, 1.165) is 29.0 Å². The summed E-state index contributed by atoms with van der Waals surface area (Å²) >= 11 is 0. The molecule has 0 aliphatic carbocycles. The average Bonchev–Trinajstić information content (AvgIpc) is 2.40. The molecular formula is C17H19NO. The summed E-state index contributed by atoms with van der Waals surface area (Å²) < 4.78 is 5.87. The Labute approximate surface area is 114 Å². The third-order valence-electron chi connectivity index (χ3n) is 2.96. The molecule has 0 heterocycles. The van der Waals surface area contributed by atoms with Gasteiger partial charge in [-0.2, -0.15) is 0 Å². The summed E-state index contributed by atoms with van der Waals surface area (Å²) in [5.41, 5.74) is 10.0. The minimum Gasteiger partial charge on any atom is -0.489 e. The molecule has 0 atom stereocenters. The number of nitrogen functional groups attached to an aromatic ring is 1. The number of hydrogen-bond acceptors (Lipinski definition) is 2. The first kappa shape index (κ1) is 13.2. The number of allylic oxidation sites excluding steroid dienone is 1. The van der Waals surface area contributed by atoms with Crippen molar-refractivity contribution in [3.63, 3.8) is 0 Å². The number of aryl methyl sites for hydroxylation is 1. The largest absolute Gasteiger partial charge is 0.489 e. The van der Waals surface area contributed by atoms with Gasteiger partial charge in [-0.1, -0.05) is 35.9 Å². The van der Waals surface area contributed by atoms with E-state index in [1.165, 1.54) is 5.56 Å². The lowest BCUT2D eigenvalue weighted by Gasteiger charge is -2.11. The van der Waals surface area contributed by atoms with E-state index in [4.69, 9.17) is 10.5 Å². The molecule has 0 aliphatic heterocycles. The van der Waals surface area contributed by atoms with Gasteiger partial charge in [0, 0.05) is 5.69 Å². The minimum absolute atomic E-state index is 0.564. The molecule has 2 heteroatoms. The number of rotatable bonds is 5. The molecule has 0 saturated carbocycles. The molecule has 2 aromatic carbocycles. The van der Waals surface area contributed by atoms with Crippen molar-refractivity contribution in [2.75, 3.05) is 5.73 Å². The van der Waals surface area contributed by atoms with Gasteiger partial charge in [-0.3, -0.25) is 0 Å². The quantitative estimate of drug-likeness (QED) is 0.648. The summed E-state index contributed by atoms with van der Waals surface area (Å²) in [6, 6.07) is 14.1. The Hall–Kier alpha value is -2.22. The van der Waals surface area contributed by atoms with Gasteiger partial charge in [-0.25, -0.2) is 0 Å². The second-order valence-electron chi connectivity index (χ2n) is 4.63. The lowest BCUT2D eigenvalue weighted by Crippen LogP contribution is -1.99. The molecule has 0 amide bonds. The van der Waals surface area contributed by atoms with Crippen molar-refractivity contribution in [2.45, 2.75) is 20.0 Å². The van der Waals surface area contributed by atoms with Crippen LogP contribution in [0.4, 0.5) is 5.69 Å². The highest BCUT2D eigenvalue weighted by atomic mass is 16.5. The summed E-state index contributed by atoms with van der Waals surface area (Å²) in [6.07, 6.45) is 2.61. The predicted octanol–water partition coefficient (Wildman–Crippen LogP) is 3.88. The van der Waals surface area contributed by atoms with Gasteiger partial charge in [0.15, 0.2) is 0 Å². The van der Waals surface area contributed by atoms with Crippen LogP contribution in [0.3, 0.4) is 0 Å². The molecule has 0 saturated heterocycles. The molecule has 0 aliphatic rings. The zero-order chi connectivity index (χ0) is 13.7. The molecule has 0 unspecified atom stereocenters. The SMILES string of the molecule is C=CCc1cc(N)ccc1OCc1ccc(C)cc1. The number of benzene rings is 2. The van der Waals surface area contributed by atoms with Crippen LogP contribution in [-0.2, 0) is 13.0 Å². The summed E-state index contributed by atoms with van der Waals surface area (Å²) in [5.74, 6) is 0.870. The van der Waals surface area contributed by atoms with E-state index in [2.05, 4.69) is 37.8 Å². The molecule has 98 valence electrons. The van der Waals surface area contributed by atoms with Gasteiger partial charge in [0.1, 0.15) is 12.4 Å².